The van der Waals surface area contributed by atoms with Gasteiger partial charge in [0.25, 0.3) is 0 Å². The van der Waals surface area contributed by atoms with Crippen molar-refractivity contribution in [3.8, 4) is 17.0 Å². The van der Waals surface area contributed by atoms with E-state index in [0.29, 0.717) is 0 Å². The molecule has 0 saturated carbocycles. The standard InChI is InChI=1S/C17H22N2O3.Na.H2O/c20-16-9-6-5-8-14(16)15-12-19(13-18-15)11-7-3-1-2-4-10-17(21)22;;/h5-6,8-9,12-13,20H,1-4,7,10-11H2,(H,21,22);;1H2/q;+1;/p-1. The second-order valence-corrected chi connectivity index (χ2v) is 5.43. The topological polar surface area (TPSA) is 105 Å². The average Bonchev–Trinajstić information content (AvgIpc) is 2.95. The number of carbonyl (C=O) groups is 1. The minimum Gasteiger partial charge on any atom is -0.870 e. The number of carboxylic acids is 1. The van der Waals surface area contributed by atoms with Crippen LogP contribution in [-0.2, 0) is 11.3 Å². The summed E-state index contributed by atoms with van der Waals surface area (Å²) in [5.41, 5.74) is 1.52. The molecular formula is C17H23N2NaO4. The minimum atomic E-state index is -0.713. The van der Waals surface area contributed by atoms with Gasteiger partial charge in [-0.15, -0.1) is 0 Å². The second kappa shape index (κ2) is 12.1. The number of aliphatic carboxylic acids is 1. The number of hydrogen-bond donors (Lipinski definition) is 2. The first-order chi connectivity index (χ1) is 10.7. The summed E-state index contributed by atoms with van der Waals surface area (Å²) in [7, 11) is 0. The van der Waals surface area contributed by atoms with Crippen molar-refractivity contribution < 1.29 is 50.0 Å². The van der Waals surface area contributed by atoms with Crippen molar-refractivity contribution in [1.82, 2.24) is 9.55 Å². The zero-order chi connectivity index (χ0) is 15.8. The van der Waals surface area contributed by atoms with E-state index in [4.69, 9.17) is 5.11 Å². The summed E-state index contributed by atoms with van der Waals surface area (Å²) in [6, 6.07) is 7.18. The average molecular weight is 342 g/mol. The molecule has 7 heteroatoms. The summed E-state index contributed by atoms with van der Waals surface area (Å²) in [5.74, 6) is -0.471. The van der Waals surface area contributed by atoms with Crippen molar-refractivity contribution in [3.05, 3.63) is 36.8 Å². The third-order valence-corrected chi connectivity index (χ3v) is 3.62. The molecule has 1 aromatic carbocycles. The van der Waals surface area contributed by atoms with Crippen LogP contribution in [0.25, 0.3) is 11.3 Å². The number of para-hydroxylation sites is 1. The number of nitrogens with zero attached hydrogens (tertiary/aromatic N) is 2. The molecule has 126 valence electrons. The molecule has 3 N–H and O–H groups in total. The second-order valence-electron chi connectivity index (χ2n) is 5.43. The first-order valence-electron chi connectivity index (χ1n) is 7.69. The van der Waals surface area contributed by atoms with Gasteiger partial charge in [0, 0.05) is 24.7 Å². The van der Waals surface area contributed by atoms with Crippen molar-refractivity contribution in [1.29, 1.82) is 0 Å². The van der Waals surface area contributed by atoms with Crippen molar-refractivity contribution >= 4 is 5.97 Å². The maximum absolute atomic E-state index is 10.4. The van der Waals surface area contributed by atoms with E-state index in [1.807, 2.05) is 22.9 Å². The molecular weight excluding hydrogens is 319 g/mol. The Morgan fingerprint density at radius 2 is 1.75 bits per heavy atom. The number of carboxylic acid groups (broad SMARTS) is 1. The van der Waals surface area contributed by atoms with Crippen LogP contribution in [0.5, 0.6) is 5.75 Å². The molecule has 1 aromatic heterocycles. The van der Waals surface area contributed by atoms with Gasteiger partial charge in [0.1, 0.15) is 5.75 Å². The number of hydrogen-bond acceptors (Lipinski definition) is 4. The molecule has 1 heterocycles. The molecule has 0 bridgehead atoms. The fourth-order valence-corrected chi connectivity index (χ4v) is 2.41. The third kappa shape index (κ3) is 7.49. The molecule has 0 fully saturated rings. The Balaban J connectivity index is 0.00000264. The fraction of sp³-hybridized carbons (Fsp3) is 0.412. The number of phenolic OH excluding ortho intramolecular Hbond substituents is 1. The molecule has 0 atom stereocenters. The molecule has 0 spiro atoms. The van der Waals surface area contributed by atoms with Crippen molar-refractivity contribution in [3.63, 3.8) is 0 Å². The van der Waals surface area contributed by atoms with E-state index in [1.165, 1.54) is 0 Å². The first kappa shape index (κ1) is 22.7. The van der Waals surface area contributed by atoms with Crippen LogP contribution in [0.1, 0.15) is 38.5 Å². The van der Waals surface area contributed by atoms with Crippen molar-refractivity contribution in [2.75, 3.05) is 0 Å². The molecule has 0 aliphatic rings. The summed E-state index contributed by atoms with van der Waals surface area (Å²) >= 11 is 0. The minimum absolute atomic E-state index is 0. The van der Waals surface area contributed by atoms with E-state index in [1.54, 1.807) is 18.5 Å². The summed E-state index contributed by atoms with van der Waals surface area (Å²) in [6.45, 7) is 0.888. The van der Waals surface area contributed by atoms with Gasteiger partial charge in [0.2, 0.25) is 0 Å². The van der Waals surface area contributed by atoms with Gasteiger partial charge in [-0.2, -0.15) is 0 Å². The number of rotatable bonds is 9. The maximum Gasteiger partial charge on any atom is 1.00 e. The van der Waals surface area contributed by atoms with Crippen LogP contribution < -0.4 is 29.6 Å². The van der Waals surface area contributed by atoms with Gasteiger partial charge in [0.15, 0.2) is 0 Å². The number of imidazole rings is 1. The predicted octanol–water partition coefficient (Wildman–Crippen LogP) is 0.508. The Kier molecular flexibility index (Phi) is 11.4. The van der Waals surface area contributed by atoms with E-state index < -0.39 is 5.97 Å². The van der Waals surface area contributed by atoms with Crippen molar-refractivity contribution in [2.24, 2.45) is 0 Å². The van der Waals surface area contributed by atoms with Gasteiger partial charge >= 0.3 is 35.5 Å². The maximum atomic E-state index is 10.4. The van der Waals surface area contributed by atoms with Crippen LogP contribution in [0.3, 0.4) is 0 Å². The normalized spacial score (nSPS) is 9.83. The number of aryl methyl sites for hydroxylation is 1. The Bertz CT molecular complexity index is 616. The van der Waals surface area contributed by atoms with Gasteiger partial charge in [-0.1, -0.05) is 31.4 Å². The van der Waals surface area contributed by atoms with Crippen LogP contribution in [-0.4, -0.2) is 31.2 Å². The Labute approximate surface area is 164 Å². The molecule has 2 aromatic rings. The molecule has 24 heavy (non-hydrogen) atoms. The van der Waals surface area contributed by atoms with Gasteiger partial charge in [-0.25, -0.2) is 4.98 Å². The smallest absolute Gasteiger partial charge is 0.870 e. The zero-order valence-electron chi connectivity index (χ0n) is 14.1. The van der Waals surface area contributed by atoms with E-state index >= 15 is 0 Å². The van der Waals surface area contributed by atoms with Gasteiger partial charge in [-0.3, -0.25) is 4.79 Å². The zero-order valence-corrected chi connectivity index (χ0v) is 16.1. The number of benzene rings is 1. The summed E-state index contributed by atoms with van der Waals surface area (Å²) < 4.78 is 2.03. The fourth-order valence-electron chi connectivity index (χ4n) is 2.41. The molecule has 0 saturated heterocycles. The van der Waals surface area contributed by atoms with E-state index in [9.17, 15) is 9.90 Å². The van der Waals surface area contributed by atoms with Gasteiger partial charge in [0.05, 0.1) is 12.0 Å². The molecule has 0 amide bonds. The molecule has 0 aliphatic heterocycles. The van der Waals surface area contributed by atoms with Crippen molar-refractivity contribution in [2.45, 2.75) is 45.1 Å². The van der Waals surface area contributed by atoms with E-state index in [2.05, 4.69) is 4.98 Å². The number of phenols is 1. The summed E-state index contributed by atoms with van der Waals surface area (Å²) in [6.07, 6.45) is 8.93. The van der Waals surface area contributed by atoms with Crippen LogP contribution >= 0.6 is 0 Å². The van der Waals surface area contributed by atoms with Crippen LogP contribution in [0.15, 0.2) is 36.8 Å². The summed E-state index contributed by atoms with van der Waals surface area (Å²) in [4.78, 5) is 14.7. The quantitative estimate of drug-likeness (QED) is 0.510. The Hall–Kier alpha value is -1.34. The SMILES string of the molecule is O=C(O)CCCCCCCn1cnc(-c2ccccc2O)c1.[Na+].[OH-]. The first-order valence-corrected chi connectivity index (χ1v) is 7.69. The van der Waals surface area contributed by atoms with E-state index in [0.717, 1.165) is 49.9 Å². The van der Waals surface area contributed by atoms with E-state index in [-0.39, 0.29) is 47.2 Å². The van der Waals surface area contributed by atoms with Gasteiger partial charge < -0.3 is 20.3 Å². The predicted molar refractivity (Wildman–Crippen MR) is 86.6 cm³/mol. The number of aromatic hydroxyl groups is 1. The number of unbranched alkanes of at least 4 members (excludes halogenated alkanes) is 4. The Morgan fingerprint density at radius 3 is 2.46 bits per heavy atom. The van der Waals surface area contributed by atoms with Crippen LogP contribution in [0.2, 0.25) is 0 Å². The third-order valence-electron chi connectivity index (χ3n) is 3.62. The molecule has 6 nitrogen and oxygen atoms in total. The monoisotopic (exact) mass is 342 g/mol. The van der Waals surface area contributed by atoms with Crippen LogP contribution in [0.4, 0.5) is 0 Å². The summed E-state index contributed by atoms with van der Waals surface area (Å²) in [5, 5.41) is 18.4. The molecule has 0 unspecified atom stereocenters. The Morgan fingerprint density at radius 1 is 1.08 bits per heavy atom. The number of aromatic nitrogens is 2. The molecule has 0 radical (unpaired) electrons. The molecule has 2 rings (SSSR count). The molecule has 0 aliphatic carbocycles. The van der Waals surface area contributed by atoms with Gasteiger partial charge in [-0.05, 0) is 25.0 Å². The largest absolute Gasteiger partial charge is 1.00 e. The van der Waals surface area contributed by atoms with Crippen LogP contribution in [0, 0.1) is 0 Å².